The Morgan fingerprint density at radius 3 is 2.42 bits per heavy atom. The number of aromatic amines is 2. The molecule has 1 fully saturated rings. The number of fused-ring (bicyclic) bond motifs is 2. The molecular formula is C40H35N7O3S2. The van der Waals surface area contributed by atoms with Gasteiger partial charge in [-0.05, 0) is 53.8 Å². The van der Waals surface area contributed by atoms with Crippen molar-refractivity contribution in [3.8, 4) is 33.5 Å². The topological polar surface area (TPSA) is 128 Å². The molecule has 2 aliphatic heterocycles. The second-order valence-electron chi connectivity index (χ2n) is 13.1. The highest BCUT2D eigenvalue weighted by Crippen LogP contribution is 2.44. The zero-order valence-corrected chi connectivity index (χ0v) is 29.9. The first-order valence-electron chi connectivity index (χ1n) is 17.3. The monoisotopic (exact) mass is 725 g/mol. The third-order valence-corrected chi connectivity index (χ3v) is 12.1. The summed E-state index contributed by atoms with van der Waals surface area (Å²) in [6, 6.07) is 23.2. The van der Waals surface area contributed by atoms with E-state index < -0.39 is 18.2 Å². The van der Waals surface area contributed by atoms with Crippen molar-refractivity contribution in [2.75, 3.05) is 20.2 Å². The number of imidazole rings is 2. The largest absolute Gasteiger partial charge is 0.453 e. The third kappa shape index (κ3) is 5.88. The Labute approximate surface area is 307 Å². The number of nitrogens with one attached hydrogen (secondary N) is 4. The Kier molecular flexibility index (Phi) is 8.42. The number of alkyl carbamates (subject to hydrolysis) is 1. The molecule has 3 atom stereocenters. The molecule has 0 saturated carbocycles. The predicted octanol–water partition coefficient (Wildman–Crippen LogP) is 8.52. The predicted molar refractivity (Wildman–Crippen MR) is 206 cm³/mol. The lowest BCUT2D eigenvalue weighted by atomic mass is 10.0. The van der Waals surface area contributed by atoms with Crippen molar-refractivity contribution >= 4 is 55.1 Å². The average molecular weight is 726 g/mol. The van der Waals surface area contributed by atoms with Crippen molar-refractivity contribution < 1.29 is 14.3 Å². The molecule has 4 N–H and O–H groups in total. The minimum atomic E-state index is -0.895. The number of carbonyl (C=O) groups is 2. The maximum Gasteiger partial charge on any atom is 0.407 e. The maximum atomic E-state index is 13.9. The van der Waals surface area contributed by atoms with Crippen molar-refractivity contribution in [1.82, 2.24) is 35.5 Å². The van der Waals surface area contributed by atoms with Crippen LogP contribution in [0.4, 0.5) is 4.79 Å². The van der Waals surface area contributed by atoms with Crippen LogP contribution in [-0.2, 0) is 9.53 Å². The van der Waals surface area contributed by atoms with Crippen LogP contribution in [0.25, 0.3) is 53.9 Å². The van der Waals surface area contributed by atoms with Crippen LogP contribution in [0.2, 0.25) is 0 Å². The van der Waals surface area contributed by atoms with E-state index in [0.29, 0.717) is 24.0 Å². The number of nitrogens with zero attached hydrogens (tertiary/aromatic N) is 3. The number of thiophene rings is 2. The van der Waals surface area contributed by atoms with E-state index in [1.807, 2.05) is 42.5 Å². The van der Waals surface area contributed by atoms with E-state index in [2.05, 4.69) is 78.8 Å². The Morgan fingerprint density at radius 2 is 1.67 bits per heavy atom. The van der Waals surface area contributed by atoms with E-state index in [1.54, 1.807) is 33.8 Å². The van der Waals surface area contributed by atoms with Crippen molar-refractivity contribution in [3.05, 3.63) is 119 Å². The summed E-state index contributed by atoms with van der Waals surface area (Å²) in [5.41, 5.74) is 9.43. The zero-order chi connectivity index (χ0) is 35.2. The van der Waals surface area contributed by atoms with Gasteiger partial charge in [0.25, 0.3) is 5.91 Å². The van der Waals surface area contributed by atoms with Gasteiger partial charge in [-0.2, -0.15) is 0 Å². The number of ether oxygens (including phenoxy) is 1. The molecule has 0 radical (unpaired) electrons. The molecule has 12 heteroatoms. The lowest BCUT2D eigenvalue weighted by molar-refractivity contribution is -0.134. The van der Waals surface area contributed by atoms with Gasteiger partial charge >= 0.3 is 6.09 Å². The lowest BCUT2D eigenvalue weighted by Crippen LogP contribution is -2.43. The molecule has 1 saturated heterocycles. The zero-order valence-electron chi connectivity index (χ0n) is 28.3. The number of carbonyl (C=O) groups excluding carboxylic acids is 2. The van der Waals surface area contributed by atoms with Crippen LogP contribution in [0.5, 0.6) is 0 Å². The number of benzene rings is 3. The first-order chi connectivity index (χ1) is 25.5. The summed E-state index contributed by atoms with van der Waals surface area (Å²) in [5.74, 6) is 1.43. The van der Waals surface area contributed by atoms with Crippen LogP contribution >= 0.6 is 22.7 Å². The van der Waals surface area contributed by atoms with Crippen molar-refractivity contribution in [2.24, 2.45) is 0 Å². The summed E-state index contributed by atoms with van der Waals surface area (Å²) < 4.78 is 7.39. The molecule has 0 spiro atoms. The number of amides is 2. The SMILES string of the molecule is COC(=O)N[C@@H](C(=O)N1CC=CC1c1ncc(-c2ccc(-c3csc4c(-c5ccc6nc(C7CCCN7)[nH]c6c5)csc34)cc2)[nH]1)c1ccccc1. The molecule has 3 aromatic carbocycles. The van der Waals surface area contributed by atoms with Crippen molar-refractivity contribution in [1.29, 1.82) is 0 Å². The Balaban J connectivity index is 0.932. The minimum Gasteiger partial charge on any atom is -0.453 e. The van der Waals surface area contributed by atoms with Crippen LogP contribution in [0, 0.1) is 0 Å². The second-order valence-corrected chi connectivity index (χ2v) is 14.8. The molecule has 52 heavy (non-hydrogen) atoms. The smallest absolute Gasteiger partial charge is 0.407 e. The Hall–Kier alpha value is -5.56. The third-order valence-electron chi connectivity index (χ3n) is 9.94. The van der Waals surface area contributed by atoms with Crippen LogP contribution in [0.3, 0.4) is 0 Å². The summed E-state index contributed by atoms with van der Waals surface area (Å²) in [6.45, 7) is 1.45. The van der Waals surface area contributed by atoms with Gasteiger partial charge < -0.3 is 30.2 Å². The van der Waals surface area contributed by atoms with Gasteiger partial charge in [-0.15, -0.1) is 22.7 Å². The first-order valence-corrected chi connectivity index (χ1v) is 19.0. The summed E-state index contributed by atoms with van der Waals surface area (Å²) in [6.07, 6.45) is 7.34. The molecule has 7 aromatic rings. The number of aromatic nitrogens is 4. The summed E-state index contributed by atoms with van der Waals surface area (Å²) in [7, 11) is 1.28. The van der Waals surface area contributed by atoms with Crippen LogP contribution in [-0.4, -0.2) is 57.0 Å². The van der Waals surface area contributed by atoms with Crippen molar-refractivity contribution in [3.63, 3.8) is 0 Å². The van der Waals surface area contributed by atoms with Gasteiger partial charge in [-0.25, -0.2) is 14.8 Å². The van der Waals surface area contributed by atoms with E-state index in [1.165, 1.54) is 39.6 Å². The number of hydrogen-bond donors (Lipinski definition) is 4. The van der Waals surface area contributed by atoms with Gasteiger partial charge in [-0.3, -0.25) is 4.79 Å². The van der Waals surface area contributed by atoms with E-state index in [-0.39, 0.29) is 5.91 Å². The first kappa shape index (κ1) is 32.4. The molecule has 9 rings (SSSR count). The number of H-pyrrole nitrogens is 2. The molecule has 10 nitrogen and oxygen atoms in total. The molecule has 0 aliphatic carbocycles. The van der Waals surface area contributed by atoms with E-state index in [0.717, 1.165) is 46.6 Å². The van der Waals surface area contributed by atoms with Gasteiger partial charge in [0.1, 0.15) is 23.7 Å². The molecule has 4 aromatic heterocycles. The van der Waals surface area contributed by atoms with Gasteiger partial charge in [-0.1, -0.05) is 72.8 Å². The molecule has 2 unspecified atom stereocenters. The molecular weight excluding hydrogens is 691 g/mol. The lowest BCUT2D eigenvalue weighted by Gasteiger charge is -2.28. The fourth-order valence-corrected chi connectivity index (χ4v) is 9.68. The second kappa shape index (κ2) is 13.5. The molecule has 6 heterocycles. The Bertz CT molecular complexity index is 2440. The standard InChI is InChI=1S/C40H35N7O3S2/c1-50-40(49)46-34(25-7-3-2-4-8-25)39(48)47-18-6-10-33(47)38-42-20-32(45-38)24-13-11-23(12-14-24)27-21-51-36-28(22-52-35(27)36)26-15-16-29-31(19-26)44-37(43-29)30-9-5-17-41-30/h2-4,6-8,10-16,19-22,30,33-34,41H,5,9,17-18H2,1H3,(H,42,45)(H,43,44)(H,46,49)/t30?,33?,34-/m1/s1. The van der Waals surface area contributed by atoms with Gasteiger partial charge in [0, 0.05) is 28.4 Å². The highest BCUT2D eigenvalue weighted by molar-refractivity contribution is 7.27. The van der Waals surface area contributed by atoms with Crippen LogP contribution < -0.4 is 10.6 Å². The number of methoxy groups -OCH3 is 1. The summed E-state index contributed by atoms with van der Waals surface area (Å²) >= 11 is 3.57. The highest BCUT2D eigenvalue weighted by Gasteiger charge is 2.35. The molecule has 0 bridgehead atoms. The highest BCUT2D eigenvalue weighted by atomic mass is 32.1. The van der Waals surface area contributed by atoms with Crippen LogP contribution in [0.15, 0.2) is 102 Å². The Morgan fingerprint density at radius 1 is 0.923 bits per heavy atom. The summed E-state index contributed by atoms with van der Waals surface area (Å²) in [4.78, 5) is 44.3. The van der Waals surface area contributed by atoms with Crippen LogP contribution in [0.1, 0.15) is 48.2 Å². The van der Waals surface area contributed by atoms with E-state index in [4.69, 9.17) is 9.72 Å². The fraction of sp³-hybridized carbons (Fsp3) is 0.200. The van der Waals surface area contributed by atoms with Gasteiger partial charge in [0.05, 0.1) is 45.5 Å². The number of rotatable bonds is 8. The normalized spacial score (nSPS) is 17.7. The quantitative estimate of drug-likeness (QED) is 0.116. The van der Waals surface area contributed by atoms with E-state index in [9.17, 15) is 9.59 Å². The van der Waals surface area contributed by atoms with Gasteiger partial charge in [0.15, 0.2) is 0 Å². The average Bonchev–Trinajstić information content (AvgIpc) is 4.03. The van der Waals surface area contributed by atoms with E-state index >= 15 is 0 Å². The maximum absolute atomic E-state index is 13.9. The van der Waals surface area contributed by atoms with Gasteiger partial charge in [0.2, 0.25) is 0 Å². The molecule has 2 amide bonds. The minimum absolute atomic E-state index is 0.249. The molecule has 2 aliphatic rings. The van der Waals surface area contributed by atoms with Crippen molar-refractivity contribution in [2.45, 2.75) is 31.0 Å². The fourth-order valence-electron chi connectivity index (χ4n) is 7.22. The number of hydrogen-bond acceptors (Lipinski definition) is 8. The molecule has 260 valence electrons. The summed E-state index contributed by atoms with van der Waals surface area (Å²) in [5, 5.41) is 10.8.